The van der Waals surface area contributed by atoms with Gasteiger partial charge in [0.25, 0.3) is 0 Å². The first-order chi connectivity index (χ1) is 12.1. The maximum absolute atomic E-state index is 12.0. The largest absolute Gasteiger partial charge is 0.276 e. The molecule has 0 aromatic rings. The summed E-state index contributed by atoms with van der Waals surface area (Å²) in [6.07, 6.45) is 21.2. The molecule has 3 heteroatoms. The van der Waals surface area contributed by atoms with Gasteiger partial charge in [-0.25, -0.2) is 5.01 Å². The van der Waals surface area contributed by atoms with Crippen molar-refractivity contribution in [2.24, 2.45) is 0 Å². The molecule has 0 bridgehead atoms. The molecular formula is C22H46N2O. The molecule has 0 aromatic carbocycles. The predicted molar refractivity (Wildman–Crippen MR) is 111 cm³/mol. The smallest absolute Gasteiger partial charge is 0.236 e. The van der Waals surface area contributed by atoms with E-state index in [1.54, 1.807) is 0 Å². The van der Waals surface area contributed by atoms with E-state index in [1.165, 1.54) is 89.9 Å². The maximum atomic E-state index is 12.0. The molecule has 0 rings (SSSR count). The van der Waals surface area contributed by atoms with Crippen molar-refractivity contribution >= 4 is 5.91 Å². The van der Waals surface area contributed by atoms with Gasteiger partial charge in [0.1, 0.15) is 0 Å². The first-order valence-electron chi connectivity index (χ1n) is 11.1. The molecule has 0 aromatic heterocycles. The number of hydrazine groups is 1. The van der Waals surface area contributed by atoms with Crippen LogP contribution in [0.25, 0.3) is 0 Å². The Bertz CT molecular complexity index is 292. The van der Waals surface area contributed by atoms with Gasteiger partial charge < -0.3 is 0 Å². The molecule has 0 unspecified atom stereocenters. The van der Waals surface area contributed by atoms with Gasteiger partial charge >= 0.3 is 0 Å². The van der Waals surface area contributed by atoms with Crippen molar-refractivity contribution in [1.82, 2.24) is 10.0 Å². The molecular weight excluding hydrogens is 308 g/mol. The molecule has 0 spiro atoms. The van der Waals surface area contributed by atoms with Crippen molar-refractivity contribution in [2.75, 3.05) is 20.6 Å². The number of hydrogen-bond donors (Lipinski definition) is 0. The number of carbonyl (C=O) groups is 1. The Balaban J connectivity index is 3.25. The lowest BCUT2D eigenvalue weighted by atomic mass is 10.0. The zero-order valence-electron chi connectivity index (χ0n) is 17.8. The fraction of sp³-hybridized carbons (Fsp3) is 0.955. The molecule has 150 valence electrons. The topological polar surface area (TPSA) is 23.6 Å². The summed E-state index contributed by atoms with van der Waals surface area (Å²) in [5.74, 6) is 0.266. The molecule has 0 N–H and O–H groups in total. The van der Waals surface area contributed by atoms with Gasteiger partial charge in [0.15, 0.2) is 0 Å². The summed E-state index contributed by atoms with van der Waals surface area (Å²) in [7, 11) is 3.88. The van der Waals surface area contributed by atoms with Gasteiger partial charge in [-0.2, -0.15) is 0 Å². The lowest BCUT2D eigenvalue weighted by molar-refractivity contribution is -0.144. The Morgan fingerprint density at radius 2 is 0.960 bits per heavy atom. The van der Waals surface area contributed by atoms with E-state index < -0.39 is 0 Å². The van der Waals surface area contributed by atoms with E-state index in [0.29, 0.717) is 6.42 Å². The molecule has 0 saturated carbocycles. The molecule has 3 nitrogen and oxygen atoms in total. The third-order valence-corrected chi connectivity index (χ3v) is 5.06. The van der Waals surface area contributed by atoms with Crippen LogP contribution in [-0.4, -0.2) is 36.6 Å². The third kappa shape index (κ3) is 15.4. The van der Waals surface area contributed by atoms with Gasteiger partial charge in [-0.15, -0.1) is 0 Å². The number of hydrogen-bond acceptors (Lipinski definition) is 2. The number of nitrogens with zero attached hydrogens (tertiary/aromatic N) is 2. The molecule has 0 atom stereocenters. The number of carbonyl (C=O) groups excluding carboxylic acids is 1. The predicted octanol–water partition coefficient (Wildman–Crippen LogP) is 6.57. The molecule has 25 heavy (non-hydrogen) atoms. The monoisotopic (exact) mass is 354 g/mol. The third-order valence-electron chi connectivity index (χ3n) is 5.06. The summed E-state index contributed by atoms with van der Waals surface area (Å²) in [4.78, 5) is 12.0. The van der Waals surface area contributed by atoms with Crippen LogP contribution in [0.15, 0.2) is 0 Å². The summed E-state index contributed by atoms with van der Waals surface area (Å²) < 4.78 is 0. The normalized spacial score (nSPS) is 11.2. The SMILES string of the molecule is CCCCCCCCCCCCCCCCCC(=O)N(CC)N(C)C. The number of rotatable bonds is 18. The van der Waals surface area contributed by atoms with E-state index in [1.807, 2.05) is 31.0 Å². The lowest BCUT2D eigenvalue weighted by Crippen LogP contribution is -2.41. The zero-order valence-corrected chi connectivity index (χ0v) is 17.8. The Hall–Kier alpha value is -0.570. The highest BCUT2D eigenvalue weighted by Gasteiger charge is 2.12. The van der Waals surface area contributed by atoms with Crippen LogP contribution < -0.4 is 0 Å². The van der Waals surface area contributed by atoms with Crippen molar-refractivity contribution < 1.29 is 4.79 Å². The Labute approximate surface area is 158 Å². The lowest BCUT2D eigenvalue weighted by Gasteiger charge is -2.27. The van der Waals surface area contributed by atoms with E-state index in [9.17, 15) is 4.79 Å². The minimum Gasteiger partial charge on any atom is -0.276 e. The van der Waals surface area contributed by atoms with E-state index >= 15 is 0 Å². The van der Waals surface area contributed by atoms with Crippen molar-refractivity contribution in [3.8, 4) is 0 Å². The highest BCUT2D eigenvalue weighted by molar-refractivity contribution is 5.75. The average molecular weight is 355 g/mol. The van der Waals surface area contributed by atoms with E-state index in [-0.39, 0.29) is 5.91 Å². The minimum atomic E-state index is 0.266. The number of unbranched alkanes of at least 4 members (excludes halogenated alkanes) is 14. The van der Waals surface area contributed by atoms with Gasteiger partial charge in [-0.05, 0) is 13.3 Å². The second-order valence-corrected chi connectivity index (χ2v) is 7.66. The fourth-order valence-electron chi connectivity index (χ4n) is 3.46. The molecule has 0 fully saturated rings. The van der Waals surface area contributed by atoms with Crippen LogP contribution >= 0.6 is 0 Å². The standard InChI is InChI=1S/C22H46N2O/c1-5-7-8-9-10-11-12-13-14-15-16-17-18-19-20-21-22(25)24(6-2)23(3)4/h5-21H2,1-4H3. The zero-order chi connectivity index (χ0) is 18.8. The van der Waals surface area contributed by atoms with Gasteiger partial charge in [0.2, 0.25) is 5.91 Å². The minimum absolute atomic E-state index is 0.266. The van der Waals surface area contributed by atoms with Crippen molar-refractivity contribution in [3.63, 3.8) is 0 Å². The Kier molecular flexibility index (Phi) is 17.8. The van der Waals surface area contributed by atoms with Crippen LogP contribution in [0.1, 0.15) is 117 Å². The van der Waals surface area contributed by atoms with Crippen molar-refractivity contribution in [1.29, 1.82) is 0 Å². The van der Waals surface area contributed by atoms with Crippen LogP contribution in [0.5, 0.6) is 0 Å². The maximum Gasteiger partial charge on any atom is 0.236 e. The van der Waals surface area contributed by atoms with Crippen molar-refractivity contribution in [2.45, 2.75) is 117 Å². The molecule has 0 heterocycles. The Morgan fingerprint density at radius 3 is 1.28 bits per heavy atom. The molecule has 0 radical (unpaired) electrons. The van der Waals surface area contributed by atoms with Crippen LogP contribution in [0.4, 0.5) is 0 Å². The molecule has 0 saturated heterocycles. The Morgan fingerprint density at radius 1 is 0.600 bits per heavy atom. The van der Waals surface area contributed by atoms with Crippen molar-refractivity contribution in [3.05, 3.63) is 0 Å². The highest BCUT2D eigenvalue weighted by atomic mass is 16.2. The van der Waals surface area contributed by atoms with E-state index in [0.717, 1.165) is 13.0 Å². The molecule has 0 aliphatic heterocycles. The van der Waals surface area contributed by atoms with E-state index in [2.05, 4.69) is 6.92 Å². The highest BCUT2D eigenvalue weighted by Crippen LogP contribution is 2.14. The molecule has 0 aliphatic rings. The summed E-state index contributed by atoms with van der Waals surface area (Å²) in [5.41, 5.74) is 0. The average Bonchev–Trinajstić information content (AvgIpc) is 2.58. The molecule has 1 amide bonds. The van der Waals surface area contributed by atoms with Gasteiger partial charge in [-0.1, -0.05) is 96.8 Å². The van der Waals surface area contributed by atoms with Gasteiger partial charge in [0, 0.05) is 27.1 Å². The van der Waals surface area contributed by atoms with Crippen LogP contribution in [0, 0.1) is 0 Å². The van der Waals surface area contributed by atoms with Crippen LogP contribution in [0.3, 0.4) is 0 Å². The summed E-state index contributed by atoms with van der Waals surface area (Å²) in [6.45, 7) is 5.08. The first kappa shape index (κ1) is 24.4. The molecule has 0 aliphatic carbocycles. The van der Waals surface area contributed by atoms with E-state index in [4.69, 9.17) is 0 Å². The fourth-order valence-corrected chi connectivity index (χ4v) is 3.46. The first-order valence-corrected chi connectivity index (χ1v) is 11.1. The van der Waals surface area contributed by atoms with Gasteiger partial charge in [0.05, 0.1) is 0 Å². The number of amides is 1. The summed E-state index contributed by atoms with van der Waals surface area (Å²) in [5, 5.41) is 3.72. The summed E-state index contributed by atoms with van der Waals surface area (Å²) in [6, 6.07) is 0. The van der Waals surface area contributed by atoms with Gasteiger partial charge in [-0.3, -0.25) is 9.80 Å². The summed E-state index contributed by atoms with van der Waals surface area (Å²) >= 11 is 0. The van der Waals surface area contributed by atoms with Crippen LogP contribution in [-0.2, 0) is 4.79 Å². The quantitative estimate of drug-likeness (QED) is 0.205. The van der Waals surface area contributed by atoms with Crippen LogP contribution in [0.2, 0.25) is 0 Å². The second-order valence-electron chi connectivity index (χ2n) is 7.66. The second kappa shape index (κ2) is 18.2.